The molecule has 5 rings (SSSR count). The molecule has 2 aliphatic rings. The second kappa shape index (κ2) is 8.38. The van der Waals surface area contributed by atoms with Gasteiger partial charge in [-0.05, 0) is 60.0 Å². The summed E-state index contributed by atoms with van der Waals surface area (Å²) in [5.74, 6) is 0.361. The third-order valence-electron chi connectivity index (χ3n) is 5.91. The van der Waals surface area contributed by atoms with E-state index in [9.17, 15) is 18.0 Å². The number of nitrogen functional groups attached to an aromatic ring is 1. The number of hydrogen-bond acceptors (Lipinski definition) is 6. The lowest BCUT2D eigenvalue weighted by Crippen LogP contribution is -2.34. The summed E-state index contributed by atoms with van der Waals surface area (Å²) in [4.78, 5) is 26.6. The molecule has 0 saturated carbocycles. The molecular formula is C24H22N4O5S. The number of amides is 3. The zero-order valence-corrected chi connectivity index (χ0v) is 18.9. The Bertz CT molecular complexity index is 1360. The molecule has 1 atom stereocenters. The number of anilines is 2. The SMILES string of the molecule is Nc1ccc(OC(=O)N2CCc3cc(S(=O)(=O)N4C[C@H](c5ccccc5)NC4=O)ccc32)cc1. The monoisotopic (exact) mass is 478 g/mol. The van der Waals surface area contributed by atoms with Gasteiger partial charge in [0, 0.05) is 12.2 Å². The molecule has 3 amide bonds. The highest BCUT2D eigenvalue weighted by Crippen LogP contribution is 2.33. The van der Waals surface area contributed by atoms with Crippen LogP contribution in [0.25, 0.3) is 0 Å². The zero-order valence-electron chi connectivity index (χ0n) is 18.0. The lowest BCUT2D eigenvalue weighted by molar-refractivity contribution is 0.208. The molecule has 2 aliphatic heterocycles. The summed E-state index contributed by atoms with van der Waals surface area (Å²) in [6.07, 6.45) is -0.0993. The van der Waals surface area contributed by atoms with Crippen LogP contribution in [0.4, 0.5) is 21.0 Å². The lowest BCUT2D eigenvalue weighted by Gasteiger charge is -2.18. The van der Waals surface area contributed by atoms with E-state index in [0.717, 1.165) is 9.87 Å². The van der Waals surface area contributed by atoms with E-state index in [-0.39, 0.29) is 11.4 Å². The summed E-state index contributed by atoms with van der Waals surface area (Å²) in [5.41, 5.74) is 8.31. The Kier molecular flexibility index (Phi) is 5.37. The van der Waals surface area contributed by atoms with E-state index >= 15 is 0 Å². The van der Waals surface area contributed by atoms with E-state index in [1.165, 1.54) is 17.0 Å². The van der Waals surface area contributed by atoms with Crippen LogP contribution in [0, 0.1) is 0 Å². The van der Waals surface area contributed by atoms with E-state index < -0.39 is 28.2 Å². The molecule has 3 aromatic rings. The van der Waals surface area contributed by atoms with Gasteiger partial charge in [0.1, 0.15) is 5.75 Å². The number of carbonyl (C=O) groups is 2. The number of hydrogen-bond donors (Lipinski definition) is 2. The second-order valence-electron chi connectivity index (χ2n) is 8.08. The largest absolute Gasteiger partial charge is 0.419 e. The molecular weight excluding hydrogens is 456 g/mol. The van der Waals surface area contributed by atoms with Gasteiger partial charge in [0.25, 0.3) is 10.0 Å². The van der Waals surface area contributed by atoms with Crippen LogP contribution in [0.5, 0.6) is 5.75 Å². The molecule has 34 heavy (non-hydrogen) atoms. The zero-order chi connectivity index (χ0) is 23.9. The highest BCUT2D eigenvalue weighted by atomic mass is 32.2. The Labute approximate surface area is 196 Å². The second-order valence-corrected chi connectivity index (χ2v) is 9.94. The number of nitrogens with one attached hydrogen (secondary N) is 1. The first-order chi connectivity index (χ1) is 16.3. The van der Waals surface area contributed by atoms with Crippen LogP contribution in [-0.4, -0.2) is 37.9 Å². The fourth-order valence-electron chi connectivity index (χ4n) is 4.14. The molecule has 3 aromatic carbocycles. The summed E-state index contributed by atoms with van der Waals surface area (Å²) < 4.78 is 32.8. The van der Waals surface area contributed by atoms with Crippen molar-refractivity contribution in [2.45, 2.75) is 17.4 Å². The van der Waals surface area contributed by atoms with Crippen LogP contribution in [0.2, 0.25) is 0 Å². The average Bonchev–Trinajstić information content (AvgIpc) is 3.45. The number of urea groups is 1. The molecule has 0 aliphatic carbocycles. The molecule has 0 aromatic heterocycles. The maximum absolute atomic E-state index is 13.3. The fourth-order valence-corrected chi connectivity index (χ4v) is 5.55. The van der Waals surface area contributed by atoms with Crippen molar-refractivity contribution in [3.05, 3.63) is 83.9 Å². The van der Waals surface area contributed by atoms with Crippen molar-refractivity contribution in [2.24, 2.45) is 0 Å². The minimum absolute atomic E-state index is 0.00229. The predicted molar refractivity (Wildman–Crippen MR) is 126 cm³/mol. The summed E-state index contributed by atoms with van der Waals surface area (Å²) >= 11 is 0. The van der Waals surface area contributed by atoms with Crippen LogP contribution in [0.15, 0.2) is 77.7 Å². The summed E-state index contributed by atoms with van der Waals surface area (Å²) in [5, 5.41) is 2.73. The molecule has 9 nitrogen and oxygen atoms in total. The van der Waals surface area contributed by atoms with Crippen molar-refractivity contribution in [1.82, 2.24) is 9.62 Å². The van der Waals surface area contributed by atoms with Gasteiger partial charge in [0.15, 0.2) is 0 Å². The van der Waals surface area contributed by atoms with E-state index in [2.05, 4.69) is 5.32 Å². The fraction of sp³-hybridized carbons (Fsp3) is 0.167. The van der Waals surface area contributed by atoms with Gasteiger partial charge in [-0.3, -0.25) is 4.90 Å². The number of nitrogens with two attached hydrogens (primary N) is 1. The first-order valence-electron chi connectivity index (χ1n) is 10.7. The normalized spacial score (nSPS) is 17.4. The maximum Gasteiger partial charge on any atom is 0.419 e. The first-order valence-corrected chi connectivity index (χ1v) is 12.1. The molecule has 10 heteroatoms. The number of fused-ring (bicyclic) bond motifs is 1. The standard InChI is InChI=1S/C24H22N4O5S/c25-18-6-8-19(9-7-18)33-24(30)27-13-12-17-14-20(10-11-22(17)27)34(31,32)28-15-21(26-23(28)29)16-4-2-1-3-5-16/h1-11,14,21H,12-13,15,25H2,(H,26,29)/t21-/m1/s1. The number of ether oxygens (including phenoxy) is 1. The molecule has 1 saturated heterocycles. The highest BCUT2D eigenvalue weighted by Gasteiger charge is 2.39. The Morgan fingerprint density at radius 2 is 1.76 bits per heavy atom. The quantitative estimate of drug-likeness (QED) is 0.555. The summed E-state index contributed by atoms with van der Waals surface area (Å²) in [7, 11) is -4.07. The first kappa shape index (κ1) is 21.8. The van der Waals surface area contributed by atoms with Crippen molar-refractivity contribution in [3.8, 4) is 5.75 Å². The van der Waals surface area contributed by atoms with Gasteiger partial charge in [-0.25, -0.2) is 22.3 Å². The smallest absolute Gasteiger partial charge is 0.410 e. The van der Waals surface area contributed by atoms with E-state index in [1.807, 2.05) is 30.3 Å². The molecule has 0 spiro atoms. The third-order valence-corrected chi connectivity index (χ3v) is 7.66. The average molecular weight is 479 g/mol. The predicted octanol–water partition coefficient (Wildman–Crippen LogP) is 3.29. The molecule has 1 fully saturated rings. The number of rotatable bonds is 4. The van der Waals surface area contributed by atoms with E-state index in [4.69, 9.17) is 10.5 Å². The van der Waals surface area contributed by atoms with Crippen molar-refractivity contribution in [1.29, 1.82) is 0 Å². The van der Waals surface area contributed by atoms with Gasteiger partial charge in [0.2, 0.25) is 0 Å². The van der Waals surface area contributed by atoms with Crippen LogP contribution in [0.1, 0.15) is 17.2 Å². The highest BCUT2D eigenvalue weighted by molar-refractivity contribution is 7.89. The van der Waals surface area contributed by atoms with Gasteiger partial charge in [0.05, 0.1) is 23.2 Å². The molecule has 2 heterocycles. The van der Waals surface area contributed by atoms with Crippen molar-refractivity contribution in [3.63, 3.8) is 0 Å². The number of carbonyl (C=O) groups excluding carboxylic acids is 2. The minimum Gasteiger partial charge on any atom is -0.410 e. The van der Waals surface area contributed by atoms with E-state index in [0.29, 0.717) is 35.7 Å². The van der Waals surface area contributed by atoms with Crippen molar-refractivity contribution >= 4 is 33.5 Å². The Hall–Kier alpha value is -4.05. The molecule has 174 valence electrons. The number of nitrogens with zero attached hydrogens (tertiary/aromatic N) is 2. The van der Waals surface area contributed by atoms with Crippen molar-refractivity contribution < 1.29 is 22.7 Å². The Morgan fingerprint density at radius 1 is 1.03 bits per heavy atom. The van der Waals surface area contributed by atoms with Crippen molar-refractivity contribution in [2.75, 3.05) is 23.7 Å². The van der Waals surface area contributed by atoms with Gasteiger partial charge in [-0.15, -0.1) is 0 Å². The van der Waals surface area contributed by atoms with Gasteiger partial charge in [-0.1, -0.05) is 30.3 Å². The van der Waals surface area contributed by atoms with Crippen LogP contribution < -0.4 is 20.7 Å². The van der Waals surface area contributed by atoms with Crippen LogP contribution >= 0.6 is 0 Å². The molecule has 0 radical (unpaired) electrons. The number of benzene rings is 3. The number of sulfonamides is 1. The molecule has 0 unspecified atom stereocenters. The van der Waals surface area contributed by atoms with Gasteiger partial charge < -0.3 is 15.8 Å². The lowest BCUT2D eigenvalue weighted by atomic mass is 10.1. The molecule has 3 N–H and O–H groups in total. The molecule has 0 bridgehead atoms. The Balaban J connectivity index is 1.34. The minimum atomic E-state index is -4.07. The third kappa shape index (κ3) is 3.92. The summed E-state index contributed by atoms with van der Waals surface area (Å²) in [6.45, 7) is 0.356. The maximum atomic E-state index is 13.3. The van der Waals surface area contributed by atoms with E-state index in [1.54, 1.807) is 30.3 Å². The van der Waals surface area contributed by atoms with Gasteiger partial charge in [-0.2, -0.15) is 0 Å². The van der Waals surface area contributed by atoms with Crippen LogP contribution in [-0.2, 0) is 16.4 Å². The van der Waals surface area contributed by atoms with Crippen LogP contribution in [0.3, 0.4) is 0 Å². The Morgan fingerprint density at radius 3 is 2.50 bits per heavy atom. The van der Waals surface area contributed by atoms with Gasteiger partial charge >= 0.3 is 12.1 Å². The summed E-state index contributed by atoms with van der Waals surface area (Å²) in [6, 6.07) is 19.1. The topological polar surface area (TPSA) is 122 Å².